The molecule has 1 aliphatic rings. The first-order valence-corrected chi connectivity index (χ1v) is 14.9. The third-order valence-corrected chi connectivity index (χ3v) is 7.25. The van der Waals surface area contributed by atoms with Gasteiger partial charge in [-0.2, -0.15) is 5.10 Å². The van der Waals surface area contributed by atoms with Crippen molar-refractivity contribution in [3.05, 3.63) is 92.8 Å². The van der Waals surface area contributed by atoms with Gasteiger partial charge in [-0.05, 0) is 82.9 Å². The average Bonchev–Trinajstić information content (AvgIpc) is 3.03. The summed E-state index contributed by atoms with van der Waals surface area (Å²) in [7, 11) is 2.77. The van der Waals surface area contributed by atoms with Crippen LogP contribution in [0.5, 0.6) is 23.0 Å². The van der Waals surface area contributed by atoms with Crippen LogP contribution in [-0.2, 0) is 16.1 Å². The number of carbonyl (C=O) groups is 2. The summed E-state index contributed by atoms with van der Waals surface area (Å²) in [6, 6.07) is 13.2. The number of aliphatic hydroxyl groups is 1. The quantitative estimate of drug-likeness (QED) is 0.0813. The van der Waals surface area contributed by atoms with Crippen molar-refractivity contribution in [2.45, 2.75) is 32.7 Å². The van der Waals surface area contributed by atoms with Crippen molar-refractivity contribution in [2.75, 3.05) is 27.4 Å². The van der Waals surface area contributed by atoms with Crippen molar-refractivity contribution < 1.29 is 42.8 Å². The zero-order chi connectivity index (χ0) is 33.2. The molecule has 0 aromatic heterocycles. The van der Waals surface area contributed by atoms with Gasteiger partial charge in [0.15, 0.2) is 29.2 Å². The SMILES string of the molecule is CCOc1cc([C@H]2NC(=O)NC(C)=C2C(=O)OC)ccc1OC[C@H](O)N/N=C\c1cc(Br)c(OCc2ccc(F)cc2)c(OC)c1. The number of methoxy groups -OCH3 is 2. The molecule has 4 N–H and O–H groups in total. The van der Waals surface area contributed by atoms with Crippen LogP contribution in [0.2, 0.25) is 0 Å². The Morgan fingerprint density at radius 3 is 2.54 bits per heavy atom. The van der Waals surface area contributed by atoms with Gasteiger partial charge in [-0.3, -0.25) is 5.43 Å². The number of hydrogen-bond acceptors (Lipinski definition) is 10. The number of rotatable bonds is 14. The average molecular weight is 702 g/mol. The van der Waals surface area contributed by atoms with Gasteiger partial charge in [0, 0.05) is 5.70 Å². The summed E-state index contributed by atoms with van der Waals surface area (Å²) in [5, 5.41) is 19.9. The van der Waals surface area contributed by atoms with E-state index >= 15 is 0 Å². The van der Waals surface area contributed by atoms with Crippen LogP contribution in [0.3, 0.4) is 0 Å². The molecule has 46 heavy (non-hydrogen) atoms. The molecule has 12 nitrogen and oxygen atoms in total. The van der Waals surface area contributed by atoms with Gasteiger partial charge in [-0.25, -0.2) is 14.0 Å². The molecule has 0 bridgehead atoms. The van der Waals surface area contributed by atoms with Gasteiger partial charge in [0.25, 0.3) is 0 Å². The van der Waals surface area contributed by atoms with Gasteiger partial charge in [-0.1, -0.05) is 18.2 Å². The smallest absolute Gasteiger partial charge is 0.337 e. The van der Waals surface area contributed by atoms with Gasteiger partial charge in [0.2, 0.25) is 0 Å². The van der Waals surface area contributed by atoms with Gasteiger partial charge in [0.1, 0.15) is 19.0 Å². The maximum atomic E-state index is 13.2. The van der Waals surface area contributed by atoms with E-state index in [1.165, 1.54) is 32.6 Å². The summed E-state index contributed by atoms with van der Waals surface area (Å²) in [4.78, 5) is 24.6. The van der Waals surface area contributed by atoms with Crippen LogP contribution in [0.25, 0.3) is 0 Å². The molecule has 244 valence electrons. The number of benzene rings is 3. The lowest BCUT2D eigenvalue weighted by Crippen LogP contribution is -2.45. The first kappa shape index (κ1) is 34.1. The van der Waals surface area contributed by atoms with Crippen LogP contribution < -0.4 is 35.0 Å². The summed E-state index contributed by atoms with van der Waals surface area (Å²) < 4.78 is 41.6. The minimum absolute atomic E-state index is 0.184. The second-order valence-electron chi connectivity index (χ2n) is 9.86. The highest BCUT2D eigenvalue weighted by atomic mass is 79.9. The molecular formula is C32H34BrFN4O8. The zero-order valence-electron chi connectivity index (χ0n) is 25.6. The number of urea groups is 1. The molecule has 0 saturated carbocycles. The molecule has 0 fully saturated rings. The molecule has 0 aliphatic carbocycles. The van der Waals surface area contributed by atoms with Crippen molar-refractivity contribution in [1.29, 1.82) is 0 Å². The predicted molar refractivity (Wildman–Crippen MR) is 170 cm³/mol. The molecule has 2 atom stereocenters. The minimum atomic E-state index is -1.19. The molecule has 0 unspecified atom stereocenters. The number of nitrogens with zero attached hydrogens (tertiary/aromatic N) is 1. The fourth-order valence-electron chi connectivity index (χ4n) is 4.51. The lowest BCUT2D eigenvalue weighted by molar-refractivity contribution is -0.136. The Morgan fingerprint density at radius 1 is 1.09 bits per heavy atom. The normalized spacial score (nSPS) is 15.1. The number of hydrogen-bond donors (Lipinski definition) is 4. The van der Waals surface area contributed by atoms with Crippen LogP contribution in [0.15, 0.2) is 75.4 Å². The van der Waals surface area contributed by atoms with Crippen LogP contribution in [0.4, 0.5) is 9.18 Å². The number of halogens is 2. The lowest BCUT2D eigenvalue weighted by atomic mass is 9.95. The Labute approximate surface area is 273 Å². The number of hydrazone groups is 1. The maximum absolute atomic E-state index is 13.2. The highest BCUT2D eigenvalue weighted by molar-refractivity contribution is 9.10. The van der Waals surface area contributed by atoms with E-state index < -0.39 is 24.3 Å². The second-order valence-corrected chi connectivity index (χ2v) is 10.7. The van der Waals surface area contributed by atoms with E-state index in [2.05, 4.69) is 37.1 Å². The molecule has 2 amide bonds. The number of nitrogens with one attached hydrogen (secondary N) is 3. The van der Waals surface area contributed by atoms with E-state index in [1.807, 2.05) is 0 Å². The van der Waals surface area contributed by atoms with E-state index in [1.54, 1.807) is 56.3 Å². The fraction of sp³-hybridized carbons (Fsp3) is 0.281. The third-order valence-electron chi connectivity index (χ3n) is 6.66. The number of aliphatic hydroxyl groups excluding tert-OH is 1. The van der Waals surface area contributed by atoms with Crippen molar-refractivity contribution in [3.63, 3.8) is 0 Å². The van der Waals surface area contributed by atoms with Crippen LogP contribution in [0, 0.1) is 5.82 Å². The molecule has 0 spiro atoms. The molecule has 14 heteroatoms. The van der Waals surface area contributed by atoms with Gasteiger partial charge in [0.05, 0.1) is 43.1 Å². The molecule has 1 heterocycles. The highest BCUT2D eigenvalue weighted by Crippen LogP contribution is 2.37. The van der Waals surface area contributed by atoms with Crippen LogP contribution >= 0.6 is 15.9 Å². The van der Waals surface area contributed by atoms with Gasteiger partial charge < -0.3 is 39.4 Å². The standard InChI is InChI=1S/C32H34BrFN4O8/c1-5-44-25-14-21(29-28(31(40)43-4)18(2)36-32(41)37-29)8-11-24(25)45-17-27(39)38-35-15-20-12-23(33)30(26(13-20)42-3)46-16-19-6-9-22(34)10-7-19/h6-15,27,29,38-39H,5,16-17H2,1-4H3,(H2,36,37,41)/b35-15-/t27-,29+/m0/s1. The Balaban J connectivity index is 1.38. The summed E-state index contributed by atoms with van der Waals surface area (Å²) in [5.41, 5.74) is 5.25. The molecule has 0 saturated heterocycles. The number of carbonyl (C=O) groups excluding carboxylic acids is 2. The van der Waals surface area contributed by atoms with Crippen molar-refractivity contribution in [3.8, 4) is 23.0 Å². The van der Waals surface area contributed by atoms with Gasteiger partial charge >= 0.3 is 12.0 Å². The Morgan fingerprint density at radius 2 is 1.85 bits per heavy atom. The van der Waals surface area contributed by atoms with E-state index in [0.29, 0.717) is 50.9 Å². The van der Waals surface area contributed by atoms with E-state index in [-0.39, 0.29) is 24.6 Å². The molecule has 3 aromatic carbocycles. The molecule has 4 rings (SSSR count). The summed E-state index contributed by atoms with van der Waals surface area (Å²) in [6.07, 6.45) is 0.303. The van der Waals surface area contributed by atoms with Gasteiger partial charge in [-0.15, -0.1) is 0 Å². The second kappa shape index (κ2) is 16.0. The van der Waals surface area contributed by atoms with Crippen molar-refractivity contribution in [1.82, 2.24) is 16.1 Å². The Kier molecular flexibility index (Phi) is 11.8. The number of esters is 1. The monoisotopic (exact) mass is 700 g/mol. The predicted octanol–water partition coefficient (Wildman–Crippen LogP) is 4.70. The van der Waals surface area contributed by atoms with E-state index in [0.717, 1.165) is 5.56 Å². The summed E-state index contributed by atoms with van der Waals surface area (Å²) in [5.74, 6) is 0.694. The first-order valence-electron chi connectivity index (χ1n) is 14.1. The maximum Gasteiger partial charge on any atom is 0.337 e. The molecule has 1 aliphatic heterocycles. The molecular weight excluding hydrogens is 667 g/mol. The molecule has 0 radical (unpaired) electrons. The Hall–Kier alpha value is -4.82. The van der Waals surface area contributed by atoms with E-state index in [9.17, 15) is 19.1 Å². The van der Waals surface area contributed by atoms with Crippen molar-refractivity contribution in [2.24, 2.45) is 5.10 Å². The zero-order valence-corrected chi connectivity index (χ0v) is 27.1. The Bertz CT molecular complexity index is 1620. The summed E-state index contributed by atoms with van der Waals surface area (Å²) >= 11 is 3.49. The first-order chi connectivity index (χ1) is 22.1. The number of ether oxygens (including phenoxy) is 5. The van der Waals surface area contributed by atoms with Crippen LogP contribution in [-0.4, -0.2) is 57.0 Å². The van der Waals surface area contributed by atoms with E-state index in [4.69, 9.17) is 23.7 Å². The number of allylic oxidation sites excluding steroid dienone is 1. The fourth-order valence-corrected chi connectivity index (χ4v) is 5.08. The highest BCUT2D eigenvalue weighted by Gasteiger charge is 2.32. The third kappa shape index (κ3) is 8.67. The minimum Gasteiger partial charge on any atom is -0.493 e. The molecule has 3 aromatic rings. The van der Waals surface area contributed by atoms with Crippen molar-refractivity contribution >= 4 is 34.1 Å². The largest absolute Gasteiger partial charge is 0.493 e. The lowest BCUT2D eigenvalue weighted by Gasteiger charge is -2.28. The topological polar surface area (TPSA) is 149 Å². The number of amides is 2. The summed E-state index contributed by atoms with van der Waals surface area (Å²) in [6.45, 7) is 3.76. The van der Waals surface area contributed by atoms with Crippen LogP contribution in [0.1, 0.15) is 36.6 Å².